The van der Waals surface area contributed by atoms with Crippen LogP contribution in [0.1, 0.15) is 24.8 Å². The summed E-state index contributed by atoms with van der Waals surface area (Å²) in [4.78, 5) is 0. The Morgan fingerprint density at radius 1 is 1.33 bits per heavy atom. The van der Waals surface area contributed by atoms with Crippen LogP contribution in [0.25, 0.3) is 10.1 Å². The van der Waals surface area contributed by atoms with Crippen molar-refractivity contribution in [3.05, 3.63) is 35.0 Å². The quantitative estimate of drug-likeness (QED) is 0.829. The van der Waals surface area contributed by atoms with E-state index < -0.39 is 0 Å². The van der Waals surface area contributed by atoms with Crippen LogP contribution in [0.4, 0.5) is 4.39 Å². The first-order chi connectivity index (χ1) is 8.27. The van der Waals surface area contributed by atoms with Crippen LogP contribution in [-0.2, 0) is 0 Å². The lowest BCUT2D eigenvalue weighted by atomic mass is 9.82. The van der Waals surface area contributed by atoms with Crippen LogP contribution in [0.2, 0.25) is 0 Å². The molecule has 1 aromatic carbocycles. The lowest BCUT2D eigenvalue weighted by Crippen LogP contribution is -2.33. The molecule has 4 heteroatoms. The predicted molar refractivity (Wildman–Crippen MR) is 78.4 cm³/mol. The topological polar surface area (TPSA) is 12.0 Å². The fourth-order valence-corrected chi connectivity index (χ4v) is 3.81. The van der Waals surface area contributed by atoms with Crippen molar-refractivity contribution < 1.29 is 4.39 Å². The van der Waals surface area contributed by atoms with Crippen LogP contribution in [-0.4, -0.2) is 13.1 Å². The number of piperidine rings is 1. The van der Waals surface area contributed by atoms with Gasteiger partial charge in [-0.15, -0.1) is 23.7 Å². The first-order valence-corrected chi connectivity index (χ1v) is 7.01. The molecule has 1 N–H and O–H groups in total. The highest BCUT2D eigenvalue weighted by molar-refractivity contribution is 7.17. The van der Waals surface area contributed by atoms with Gasteiger partial charge in [0, 0.05) is 10.1 Å². The molecule has 0 saturated carbocycles. The van der Waals surface area contributed by atoms with Gasteiger partial charge >= 0.3 is 0 Å². The van der Waals surface area contributed by atoms with Gasteiger partial charge in [-0.05, 0) is 54.4 Å². The lowest BCUT2D eigenvalue weighted by Gasteiger charge is -2.30. The summed E-state index contributed by atoms with van der Waals surface area (Å²) in [6, 6.07) is 5.50. The standard InChI is InChI=1S/C14H16FNS.ClH/c1-9-8-16-6-4-10(9)11-2-3-13(15)12-5-7-17-14(11)12;/h2-3,5,7,9-10,16H,4,6,8H2,1H3;1H. The van der Waals surface area contributed by atoms with Crippen LogP contribution in [0.3, 0.4) is 0 Å². The molecular weight excluding hydrogens is 269 g/mol. The molecule has 0 amide bonds. The van der Waals surface area contributed by atoms with Crippen molar-refractivity contribution in [1.29, 1.82) is 0 Å². The van der Waals surface area contributed by atoms with Gasteiger partial charge in [0.25, 0.3) is 0 Å². The third-order valence-corrected chi connectivity index (χ3v) is 4.74. The molecule has 1 aliphatic heterocycles. The molecule has 18 heavy (non-hydrogen) atoms. The number of fused-ring (bicyclic) bond motifs is 1. The predicted octanol–water partition coefficient (Wildman–Crippen LogP) is 4.18. The number of hydrogen-bond donors (Lipinski definition) is 1. The van der Waals surface area contributed by atoms with E-state index in [0.717, 1.165) is 29.6 Å². The lowest BCUT2D eigenvalue weighted by molar-refractivity contribution is 0.351. The Morgan fingerprint density at radius 2 is 2.17 bits per heavy atom. The minimum atomic E-state index is -0.0911. The summed E-state index contributed by atoms with van der Waals surface area (Å²) in [7, 11) is 0. The monoisotopic (exact) mass is 285 g/mol. The van der Waals surface area contributed by atoms with Crippen LogP contribution in [0.5, 0.6) is 0 Å². The fraction of sp³-hybridized carbons (Fsp3) is 0.429. The number of hydrogen-bond acceptors (Lipinski definition) is 2. The molecule has 1 saturated heterocycles. The second kappa shape index (κ2) is 5.55. The number of rotatable bonds is 1. The third kappa shape index (κ3) is 2.27. The largest absolute Gasteiger partial charge is 0.316 e. The van der Waals surface area contributed by atoms with E-state index in [1.54, 1.807) is 17.4 Å². The summed E-state index contributed by atoms with van der Waals surface area (Å²) in [5.41, 5.74) is 1.34. The first kappa shape index (κ1) is 13.8. The highest BCUT2D eigenvalue weighted by atomic mass is 35.5. The summed E-state index contributed by atoms with van der Waals surface area (Å²) in [6.45, 7) is 4.41. The number of halogens is 2. The maximum atomic E-state index is 13.7. The van der Waals surface area contributed by atoms with E-state index in [9.17, 15) is 4.39 Å². The minimum absolute atomic E-state index is 0. The first-order valence-electron chi connectivity index (χ1n) is 6.13. The van der Waals surface area contributed by atoms with E-state index >= 15 is 0 Å². The summed E-state index contributed by atoms with van der Waals surface area (Å²) < 4.78 is 14.8. The molecule has 1 aliphatic rings. The maximum absolute atomic E-state index is 13.7. The average molecular weight is 286 g/mol. The zero-order valence-corrected chi connectivity index (χ0v) is 11.9. The van der Waals surface area contributed by atoms with Gasteiger partial charge in [-0.25, -0.2) is 4.39 Å². The average Bonchev–Trinajstić information content (AvgIpc) is 2.81. The highest BCUT2D eigenvalue weighted by Crippen LogP contribution is 2.37. The van der Waals surface area contributed by atoms with Crippen molar-refractivity contribution in [1.82, 2.24) is 5.32 Å². The highest BCUT2D eigenvalue weighted by Gasteiger charge is 2.25. The molecule has 2 unspecified atom stereocenters. The number of thiophene rings is 1. The Balaban J connectivity index is 0.00000120. The molecule has 2 heterocycles. The summed E-state index contributed by atoms with van der Waals surface area (Å²) in [5, 5.41) is 6.20. The zero-order valence-electron chi connectivity index (χ0n) is 10.3. The minimum Gasteiger partial charge on any atom is -0.316 e. The van der Waals surface area contributed by atoms with Gasteiger partial charge in [0.1, 0.15) is 5.82 Å². The molecule has 3 rings (SSSR count). The Kier molecular flexibility index (Phi) is 4.25. The summed E-state index contributed by atoms with van der Waals surface area (Å²) >= 11 is 1.66. The van der Waals surface area contributed by atoms with E-state index in [4.69, 9.17) is 0 Å². The Morgan fingerprint density at radius 3 is 2.94 bits per heavy atom. The summed E-state index contributed by atoms with van der Waals surface area (Å²) in [5.74, 6) is 1.10. The van der Waals surface area contributed by atoms with Gasteiger partial charge in [-0.2, -0.15) is 0 Å². The van der Waals surface area contributed by atoms with Gasteiger partial charge < -0.3 is 5.32 Å². The number of nitrogens with one attached hydrogen (secondary N) is 1. The van der Waals surface area contributed by atoms with Crippen LogP contribution in [0.15, 0.2) is 23.6 Å². The fourth-order valence-electron chi connectivity index (χ4n) is 2.82. The Bertz CT molecular complexity index is 540. The smallest absolute Gasteiger partial charge is 0.131 e. The van der Waals surface area contributed by atoms with E-state index in [1.165, 1.54) is 5.56 Å². The van der Waals surface area contributed by atoms with Crippen LogP contribution in [0, 0.1) is 11.7 Å². The third-order valence-electron chi connectivity index (χ3n) is 3.78. The molecule has 2 atom stereocenters. The van der Waals surface area contributed by atoms with Crippen LogP contribution < -0.4 is 5.32 Å². The summed E-state index contributed by atoms with van der Waals surface area (Å²) in [6.07, 6.45) is 1.15. The maximum Gasteiger partial charge on any atom is 0.131 e. The molecule has 98 valence electrons. The van der Waals surface area contributed by atoms with Crippen LogP contribution >= 0.6 is 23.7 Å². The van der Waals surface area contributed by atoms with E-state index in [0.29, 0.717) is 11.8 Å². The van der Waals surface area contributed by atoms with E-state index in [1.807, 2.05) is 17.5 Å². The van der Waals surface area contributed by atoms with Crippen molar-refractivity contribution in [2.45, 2.75) is 19.3 Å². The Hall–Kier alpha value is -0.640. The van der Waals surface area contributed by atoms with Gasteiger partial charge in [-0.3, -0.25) is 0 Å². The van der Waals surface area contributed by atoms with Crippen molar-refractivity contribution in [2.75, 3.05) is 13.1 Å². The normalized spacial score (nSPS) is 23.9. The molecule has 2 aromatic rings. The second-order valence-corrected chi connectivity index (χ2v) is 5.79. The SMILES string of the molecule is CC1CNCCC1c1ccc(F)c2ccsc12.Cl. The molecule has 1 nitrogen and oxygen atoms in total. The van der Waals surface area contributed by atoms with Gasteiger partial charge in [-0.1, -0.05) is 13.0 Å². The molecule has 0 spiro atoms. The molecule has 1 fully saturated rings. The molecule has 0 aliphatic carbocycles. The molecule has 1 aromatic heterocycles. The van der Waals surface area contributed by atoms with Crippen molar-refractivity contribution in [3.8, 4) is 0 Å². The van der Waals surface area contributed by atoms with Gasteiger partial charge in [0.15, 0.2) is 0 Å². The molecule has 0 radical (unpaired) electrons. The zero-order chi connectivity index (χ0) is 11.8. The second-order valence-electron chi connectivity index (χ2n) is 4.88. The molecular formula is C14H17ClFNS. The van der Waals surface area contributed by atoms with Crippen molar-refractivity contribution in [2.24, 2.45) is 5.92 Å². The van der Waals surface area contributed by atoms with Gasteiger partial charge in [0.2, 0.25) is 0 Å². The molecule has 0 bridgehead atoms. The van der Waals surface area contributed by atoms with E-state index in [2.05, 4.69) is 12.2 Å². The van der Waals surface area contributed by atoms with E-state index in [-0.39, 0.29) is 18.2 Å². The number of benzene rings is 1. The van der Waals surface area contributed by atoms with Gasteiger partial charge in [0.05, 0.1) is 0 Å². The van der Waals surface area contributed by atoms with Crippen molar-refractivity contribution >= 4 is 33.8 Å². The van der Waals surface area contributed by atoms with Crippen molar-refractivity contribution in [3.63, 3.8) is 0 Å². The Labute approximate surface area is 117 Å².